The zero-order chi connectivity index (χ0) is 53.4. The van der Waals surface area contributed by atoms with Gasteiger partial charge in [0.2, 0.25) is 0 Å². The van der Waals surface area contributed by atoms with Gasteiger partial charge in [0.25, 0.3) is 17.7 Å². The number of nitrogens with zero attached hydrogens (tertiary/aromatic N) is 2. The molecule has 426 valence electrons. The molecule has 4 aliphatic heterocycles. The van der Waals surface area contributed by atoms with E-state index in [2.05, 4.69) is 60.5 Å². The van der Waals surface area contributed by atoms with E-state index < -0.39 is 29.1 Å². The number of esters is 4. The van der Waals surface area contributed by atoms with Gasteiger partial charge in [0.05, 0.1) is 34.3 Å². The fourth-order valence-electron chi connectivity index (χ4n) is 7.69. The topological polar surface area (TPSA) is 210 Å². The van der Waals surface area contributed by atoms with Crippen LogP contribution >= 0.6 is 39.9 Å². The Balaban J connectivity index is -0.000000280. The van der Waals surface area contributed by atoms with Crippen LogP contribution in [0.3, 0.4) is 0 Å². The van der Waals surface area contributed by atoms with Crippen molar-refractivity contribution in [1.82, 2.24) is 20.4 Å². The van der Waals surface area contributed by atoms with E-state index in [1.54, 1.807) is 98.5 Å². The molecule has 3 aromatic rings. The van der Waals surface area contributed by atoms with Gasteiger partial charge in [-0.3, -0.25) is 24.1 Å². The number of allylic oxidation sites excluding steroid dienone is 1. The number of carbonyl (C=O) groups excluding carboxylic acids is 7. The van der Waals surface area contributed by atoms with E-state index in [1.807, 2.05) is 24.3 Å². The van der Waals surface area contributed by atoms with Gasteiger partial charge in [-0.15, -0.1) is 42.8 Å². The number of benzene rings is 3. The zero-order valence-electron chi connectivity index (χ0n) is 43.0. The number of fused-ring (bicyclic) bond motifs is 2. The average Bonchev–Trinajstić information content (AvgIpc) is 4.18. The molecule has 9 rings (SSSR count). The molecule has 2 N–H and O–H groups in total. The second kappa shape index (κ2) is 40.9. The number of methoxy groups -OCH3 is 4. The third-order valence-electron chi connectivity index (χ3n) is 11.0. The van der Waals surface area contributed by atoms with Gasteiger partial charge in [0.15, 0.2) is 0 Å². The average molecular weight is 1210 g/mol. The maximum absolute atomic E-state index is 12.4. The molecule has 2 saturated carbocycles. The van der Waals surface area contributed by atoms with Crippen molar-refractivity contribution < 1.29 is 109 Å². The molecule has 0 spiro atoms. The molecule has 20 heteroatoms. The zero-order valence-corrected chi connectivity index (χ0v) is 49.3. The fraction of sp³-hybridized carbons (Fsp3) is 0.456. The van der Waals surface area contributed by atoms with E-state index in [1.165, 1.54) is 39.4 Å². The number of halogens is 3. The first-order valence-corrected chi connectivity index (χ1v) is 24.2. The fourth-order valence-corrected chi connectivity index (χ4v) is 7.89. The first kappa shape index (κ1) is 81.6. The van der Waals surface area contributed by atoms with Crippen molar-refractivity contribution in [2.45, 2.75) is 98.9 Å². The van der Waals surface area contributed by atoms with Gasteiger partial charge in [-0.25, -0.2) is 14.4 Å². The molecule has 6 fully saturated rings. The predicted molar refractivity (Wildman–Crippen MR) is 308 cm³/mol. The van der Waals surface area contributed by atoms with Crippen LogP contribution in [0.4, 0.5) is 0 Å². The van der Waals surface area contributed by atoms with Crippen molar-refractivity contribution in [3.63, 3.8) is 0 Å². The van der Waals surface area contributed by atoms with Crippen LogP contribution in [0.15, 0.2) is 129 Å². The summed E-state index contributed by atoms with van der Waals surface area (Å²) in [6.07, 6.45) is 6.78. The summed E-state index contributed by atoms with van der Waals surface area (Å²) in [5, 5.41) is 16.7. The van der Waals surface area contributed by atoms with Crippen LogP contribution in [-0.4, -0.2) is 133 Å². The maximum Gasteiger partial charge on any atom is 1.00 e. The number of amides is 3. The van der Waals surface area contributed by atoms with Crippen LogP contribution in [-0.2, 0) is 38.1 Å². The minimum absolute atomic E-state index is 0. The molecular formula is C57H84BrCl2KN4O12. The van der Waals surface area contributed by atoms with Crippen LogP contribution in [0.5, 0.6) is 0 Å². The third kappa shape index (κ3) is 25.2. The Hall–Kier alpha value is -4.21. The molecule has 6 aliphatic rings. The van der Waals surface area contributed by atoms with Gasteiger partial charge in [-0.05, 0) is 80.5 Å². The van der Waals surface area contributed by atoms with Gasteiger partial charge in [-0.1, -0.05) is 140 Å². The van der Waals surface area contributed by atoms with E-state index in [0.717, 1.165) is 43.5 Å². The van der Waals surface area contributed by atoms with Crippen LogP contribution < -0.4 is 67.1 Å². The number of nitrogens with one attached hydrogen (secondary N) is 2. The van der Waals surface area contributed by atoms with Gasteiger partial charge in [-0.2, -0.15) is 0 Å². The third-order valence-corrected chi connectivity index (χ3v) is 11.8. The van der Waals surface area contributed by atoms with Crippen molar-refractivity contribution in [3.05, 3.63) is 145 Å². The molecule has 2 aliphatic carbocycles. The smallest absolute Gasteiger partial charge is 0.850 e. The summed E-state index contributed by atoms with van der Waals surface area (Å²) in [5.41, 5.74) is -0.128. The summed E-state index contributed by atoms with van der Waals surface area (Å²) >= 11 is 8.69. The second-order valence-electron chi connectivity index (χ2n) is 17.4. The molecular weight excluding hydrogens is 1120 g/mol. The number of rotatable bonds is 13. The maximum atomic E-state index is 12.4. The normalized spacial score (nSPS) is 18.0. The Morgan fingerprint density at radius 1 is 0.766 bits per heavy atom. The van der Waals surface area contributed by atoms with Crippen molar-refractivity contribution in [1.29, 1.82) is 0 Å². The van der Waals surface area contributed by atoms with E-state index in [0.29, 0.717) is 29.2 Å². The van der Waals surface area contributed by atoms with Gasteiger partial charge in [0.1, 0.15) is 22.8 Å². The summed E-state index contributed by atoms with van der Waals surface area (Å²) in [5.74, 6) is -1.12. The number of hydrogen-bond acceptors (Lipinski definition) is 13. The largest absolute Gasteiger partial charge is 1.00 e. The molecule has 4 saturated heterocycles. The van der Waals surface area contributed by atoms with E-state index in [4.69, 9.17) is 16.3 Å². The van der Waals surface area contributed by atoms with Crippen molar-refractivity contribution in [2.24, 2.45) is 11.8 Å². The second-order valence-corrected chi connectivity index (χ2v) is 18.4. The standard InChI is InChI=1S/2C14H15NO3.C11H12ClNO3.C7H11NO2.C4H9O.C3H5Br.4CH4.ClH.K/c1-18-13(17)14-7-10(8-14)9-15(14)12(16)11-5-3-2-4-6-11;1-4-10-15(11(2)14(17)18-3)13(16)12-8-6-5-7-9-12;1-16-11(15)9(7-12)13-10(14)8-5-3-2-4-6-8;1-10-6(9)7-2-5(3-7)4-8-7;1-4(2,3)5;1-2-3-4;;;;;;/h2-6,10H,7-9H2,1H3;4-9H,1-2,10H2,3H3;2-6,9H,7H2,1H3,(H,13,14);5,8H,2-4H2,1H3;1-3H3;2H,1,3H2;4*1H4;1H;/q;;;;-1;;;;;;;+1. The molecule has 0 aromatic heterocycles. The van der Waals surface area contributed by atoms with Crippen molar-refractivity contribution in [3.8, 4) is 0 Å². The van der Waals surface area contributed by atoms with Crippen molar-refractivity contribution in [2.75, 3.05) is 59.3 Å². The molecule has 3 aromatic carbocycles. The first-order chi connectivity index (χ1) is 33.6. The van der Waals surface area contributed by atoms with Crippen LogP contribution in [0, 0.1) is 11.8 Å². The van der Waals surface area contributed by atoms with Crippen molar-refractivity contribution >= 4 is 81.5 Å². The quantitative estimate of drug-likeness (QED) is 0.0485. The summed E-state index contributed by atoms with van der Waals surface area (Å²) in [7, 11) is 5.32. The molecule has 1 atom stereocenters. The summed E-state index contributed by atoms with van der Waals surface area (Å²) < 4.78 is 18.6. The molecule has 4 bridgehead atoms. The minimum Gasteiger partial charge on any atom is -0.850 e. The molecule has 16 nitrogen and oxygen atoms in total. The van der Waals surface area contributed by atoms with Crippen LogP contribution in [0.1, 0.15) is 107 Å². The number of carbonyl (C=O) groups is 7. The minimum atomic E-state index is -0.820. The molecule has 3 amide bonds. The van der Waals surface area contributed by atoms with E-state index in [9.17, 15) is 38.7 Å². The summed E-state index contributed by atoms with van der Waals surface area (Å²) in [6.45, 7) is 17.3. The van der Waals surface area contributed by atoms with E-state index >= 15 is 0 Å². The molecule has 0 radical (unpaired) electrons. The Kier molecular flexibility index (Phi) is 43.4. The van der Waals surface area contributed by atoms with Crippen LogP contribution in [0.2, 0.25) is 0 Å². The Morgan fingerprint density at radius 3 is 1.57 bits per heavy atom. The number of hydrogen-bond donors (Lipinski definition) is 2. The van der Waals surface area contributed by atoms with Crippen LogP contribution in [0.25, 0.3) is 0 Å². The summed E-state index contributed by atoms with van der Waals surface area (Å²) in [4.78, 5) is 84.8. The van der Waals surface area contributed by atoms with Gasteiger partial charge >= 0.3 is 75.3 Å². The first-order valence-electron chi connectivity index (χ1n) is 22.6. The Morgan fingerprint density at radius 2 is 1.21 bits per heavy atom. The number of ether oxygens (including phenoxy) is 4. The SMILES string of the molecule is C.C.C.C.C=CCBr.C=CCN(C(=C)C(=O)OC)C(=O)c1ccccc1.CC(C)(C)[O-].COC(=O)C(CCl)NC(=O)c1ccccc1.COC(=O)C12CC(CN1)C2.COC(=O)C12CC(CN1C(=O)c1ccccc1)C2.Cl.[K+]. The molecule has 77 heavy (non-hydrogen) atoms. The van der Waals surface area contributed by atoms with Gasteiger partial charge < -0.3 is 39.6 Å². The monoisotopic (exact) mass is 1200 g/mol. The Labute approximate surface area is 521 Å². The van der Waals surface area contributed by atoms with Gasteiger partial charge in [0, 0.05) is 35.1 Å². The number of alkyl halides is 2. The predicted octanol–water partition coefficient (Wildman–Crippen LogP) is 6.26. The Bertz CT molecular complexity index is 2250. The molecule has 1 unspecified atom stereocenters. The van der Waals surface area contributed by atoms with E-state index in [-0.39, 0.29) is 147 Å². The summed E-state index contributed by atoms with van der Waals surface area (Å²) in [6, 6.07) is 25.5. The molecule has 4 heterocycles.